The van der Waals surface area contributed by atoms with Gasteiger partial charge in [-0.1, -0.05) is 30.3 Å². The molecule has 1 amide bonds. The third kappa shape index (κ3) is 3.46. The highest BCUT2D eigenvalue weighted by atomic mass is 32.1. The number of nitrogens with one attached hydrogen (secondary N) is 1. The summed E-state index contributed by atoms with van der Waals surface area (Å²) >= 11 is 1.55. The van der Waals surface area contributed by atoms with Crippen LogP contribution < -0.4 is 5.32 Å². The Morgan fingerprint density at radius 3 is 2.43 bits per heavy atom. The summed E-state index contributed by atoms with van der Waals surface area (Å²) < 4.78 is 2.02. The average Bonchev–Trinajstić information content (AvgIpc) is 3.35. The highest BCUT2D eigenvalue weighted by Gasteiger charge is 2.22. The fourth-order valence-electron chi connectivity index (χ4n) is 3.38. The van der Waals surface area contributed by atoms with Crippen LogP contribution in [0.2, 0.25) is 0 Å². The predicted octanol–water partition coefficient (Wildman–Crippen LogP) is 4.47. The molecule has 0 aliphatic heterocycles. The third-order valence-electron chi connectivity index (χ3n) is 4.73. The fourth-order valence-corrected chi connectivity index (χ4v) is 4.13. The summed E-state index contributed by atoms with van der Waals surface area (Å²) in [6.07, 6.45) is 5.25. The molecule has 1 N–H and O–H groups in total. The van der Waals surface area contributed by atoms with Crippen molar-refractivity contribution in [2.24, 2.45) is 0 Å². The van der Waals surface area contributed by atoms with E-state index in [1.54, 1.807) is 29.9 Å². The summed E-state index contributed by atoms with van der Waals surface area (Å²) in [5, 5.41) is 5.99. The molecule has 0 aliphatic rings. The number of carbonyl (C=O) groups excluding carboxylic acids is 1. The van der Waals surface area contributed by atoms with Crippen molar-refractivity contribution in [2.75, 3.05) is 0 Å². The molecule has 1 unspecified atom stereocenters. The fraction of sp³-hybridized carbons (Fsp3) is 0.136. The van der Waals surface area contributed by atoms with E-state index in [9.17, 15) is 4.79 Å². The monoisotopic (exact) mass is 388 g/mol. The second kappa shape index (κ2) is 7.78. The van der Waals surface area contributed by atoms with Crippen LogP contribution in [0, 0.1) is 13.8 Å². The zero-order chi connectivity index (χ0) is 19.5. The van der Waals surface area contributed by atoms with Gasteiger partial charge in [0.2, 0.25) is 0 Å². The van der Waals surface area contributed by atoms with E-state index >= 15 is 0 Å². The number of aryl methyl sites for hydroxylation is 1. The summed E-state index contributed by atoms with van der Waals surface area (Å²) in [5.41, 5.74) is 4.53. The number of aromatic nitrogens is 3. The van der Waals surface area contributed by atoms with Crippen LogP contribution in [0.4, 0.5) is 0 Å². The summed E-state index contributed by atoms with van der Waals surface area (Å²) in [5.74, 6) is -0.110. The molecular weight excluding hydrogens is 368 g/mol. The first kappa shape index (κ1) is 18.1. The minimum atomic E-state index is -0.250. The maximum Gasteiger partial charge on any atom is 0.253 e. The number of pyridine rings is 1. The molecule has 0 saturated carbocycles. The van der Waals surface area contributed by atoms with Crippen LogP contribution in [0.25, 0.3) is 5.13 Å². The Hall–Kier alpha value is -3.25. The molecule has 3 aromatic heterocycles. The minimum absolute atomic E-state index is 0.110. The van der Waals surface area contributed by atoms with Crippen molar-refractivity contribution in [1.82, 2.24) is 19.9 Å². The van der Waals surface area contributed by atoms with Crippen molar-refractivity contribution >= 4 is 17.2 Å². The van der Waals surface area contributed by atoms with Crippen LogP contribution in [0.1, 0.15) is 38.9 Å². The van der Waals surface area contributed by atoms with E-state index in [1.165, 1.54) is 0 Å². The van der Waals surface area contributed by atoms with E-state index in [1.807, 2.05) is 72.3 Å². The van der Waals surface area contributed by atoms with Gasteiger partial charge in [0, 0.05) is 35.4 Å². The quantitative estimate of drug-likeness (QED) is 0.549. The molecule has 0 saturated heterocycles. The van der Waals surface area contributed by atoms with E-state index in [0.717, 1.165) is 27.6 Å². The van der Waals surface area contributed by atoms with Gasteiger partial charge in [-0.3, -0.25) is 14.3 Å². The van der Waals surface area contributed by atoms with Gasteiger partial charge >= 0.3 is 0 Å². The molecular formula is C22H20N4OS. The zero-order valence-corrected chi connectivity index (χ0v) is 16.5. The van der Waals surface area contributed by atoms with E-state index < -0.39 is 0 Å². The van der Waals surface area contributed by atoms with Crippen molar-refractivity contribution < 1.29 is 4.79 Å². The van der Waals surface area contributed by atoms with Crippen LogP contribution in [-0.2, 0) is 0 Å². The molecule has 1 aromatic carbocycles. The molecule has 28 heavy (non-hydrogen) atoms. The van der Waals surface area contributed by atoms with E-state index in [4.69, 9.17) is 0 Å². The lowest BCUT2D eigenvalue weighted by Gasteiger charge is -2.20. The lowest BCUT2D eigenvalue weighted by molar-refractivity contribution is 0.0942. The number of benzene rings is 1. The van der Waals surface area contributed by atoms with Gasteiger partial charge in [0.05, 0.1) is 11.6 Å². The van der Waals surface area contributed by atoms with Gasteiger partial charge in [-0.15, -0.1) is 11.3 Å². The number of nitrogens with zero attached hydrogens (tertiary/aromatic N) is 3. The number of thiazole rings is 1. The first-order chi connectivity index (χ1) is 13.6. The van der Waals surface area contributed by atoms with Crippen molar-refractivity contribution in [3.8, 4) is 5.13 Å². The zero-order valence-electron chi connectivity index (χ0n) is 15.7. The van der Waals surface area contributed by atoms with Crippen molar-refractivity contribution in [2.45, 2.75) is 19.9 Å². The molecule has 5 nitrogen and oxygen atoms in total. The number of amides is 1. The molecule has 0 bridgehead atoms. The first-order valence-electron chi connectivity index (χ1n) is 8.99. The van der Waals surface area contributed by atoms with E-state index in [-0.39, 0.29) is 11.9 Å². The molecule has 0 fully saturated rings. The Labute approximate surface area is 167 Å². The van der Waals surface area contributed by atoms with Gasteiger partial charge in [-0.05, 0) is 43.2 Å². The van der Waals surface area contributed by atoms with Gasteiger partial charge in [0.1, 0.15) is 0 Å². The van der Waals surface area contributed by atoms with Gasteiger partial charge in [0.25, 0.3) is 5.91 Å². The summed E-state index contributed by atoms with van der Waals surface area (Å²) in [7, 11) is 0. The Morgan fingerprint density at radius 2 is 1.75 bits per heavy atom. The summed E-state index contributed by atoms with van der Waals surface area (Å²) in [6.45, 7) is 3.94. The Morgan fingerprint density at radius 1 is 1.04 bits per heavy atom. The van der Waals surface area contributed by atoms with Gasteiger partial charge in [-0.25, -0.2) is 4.98 Å². The average molecular weight is 388 g/mol. The normalized spacial score (nSPS) is 11.9. The molecule has 6 heteroatoms. The topological polar surface area (TPSA) is 59.8 Å². The third-order valence-corrected chi connectivity index (χ3v) is 5.49. The molecule has 0 radical (unpaired) electrons. The van der Waals surface area contributed by atoms with Gasteiger partial charge in [0.15, 0.2) is 5.13 Å². The minimum Gasteiger partial charge on any atom is -0.341 e. The van der Waals surface area contributed by atoms with Crippen molar-refractivity contribution in [3.05, 3.63) is 101 Å². The second-order valence-corrected chi connectivity index (χ2v) is 7.41. The number of hydrogen-bond donors (Lipinski definition) is 1. The highest BCUT2D eigenvalue weighted by Crippen LogP contribution is 2.25. The molecule has 4 rings (SSSR count). The smallest absolute Gasteiger partial charge is 0.253 e. The van der Waals surface area contributed by atoms with Crippen molar-refractivity contribution in [3.63, 3.8) is 0 Å². The number of carbonyl (C=O) groups is 1. The Bertz CT molecular complexity index is 1030. The van der Waals surface area contributed by atoms with E-state index in [0.29, 0.717) is 5.56 Å². The van der Waals surface area contributed by atoms with Crippen LogP contribution in [0.5, 0.6) is 0 Å². The van der Waals surface area contributed by atoms with E-state index in [2.05, 4.69) is 15.3 Å². The predicted molar refractivity (Wildman–Crippen MR) is 111 cm³/mol. The maximum atomic E-state index is 13.2. The second-order valence-electron chi connectivity index (χ2n) is 6.53. The SMILES string of the molecule is Cc1cc(C(=O)NC(c2ccccc2)c2ccncc2)c(C)n1-c1nccs1. The van der Waals surface area contributed by atoms with Gasteiger partial charge in [-0.2, -0.15) is 0 Å². The molecule has 3 heterocycles. The molecule has 4 aromatic rings. The maximum absolute atomic E-state index is 13.2. The van der Waals surface area contributed by atoms with Crippen LogP contribution in [0.3, 0.4) is 0 Å². The Balaban J connectivity index is 1.69. The molecule has 1 atom stereocenters. The molecule has 0 spiro atoms. The van der Waals surface area contributed by atoms with Crippen LogP contribution in [-0.4, -0.2) is 20.4 Å². The molecule has 140 valence electrons. The van der Waals surface area contributed by atoms with Crippen molar-refractivity contribution in [1.29, 1.82) is 0 Å². The number of hydrogen-bond acceptors (Lipinski definition) is 4. The largest absolute Gasteiger partial charge is 0.341 e. The summed E-state index contributed by atoms with van der Waals surface area (Å²) in [4.78, 5) is 21.7. The molecule has 0 aliphatic carbocycles. The number of rotatable bonds is 5. The summed E-state index contributed by atoms with van der Waals surface area (Å²) in [6, 6.07) is 15.5. The lowest BCUT2D eigenvalue weighted by atomic mass is 9.99. The van der Waals surface area contributed by atoms with Crippen LogP contribution >= 0.6 is 11.3 Å². The standard InChI is InChI=1S/C22H20N4OS/c1-15-14-19(16(2)26(15)22-24-12-13-28-22)21(27)25-20(17-6-4-3-5-7-17)18-8-10-23-11-9-18/h3-14,20H,1-2H3,(H,25,27). The Kier molecular flexibility index (Phi) is 5.04. The lowest BCUT2D eigenvalue weighted by Crippen LogP contribution is -2.29. The van der Waals surface area contributed by atoms with Gasteiger partial charge < -0.3 is 5.32 Å². The highest BCUT2D eigenvalue weighted by molar-refractivity contribution is 7.12. The first-order valence-corrected chi connectivity index (χ1v) is 9.87. The van der Waals surface area contributed by atoms with Crippen LogP contribution in [0.15, 0.2) is 72.5 Å².